The topological polar surface area (TPSA) is 56.5 Å². The van der Waals surface area contributed by atoms with Crippen molar-refractivity contribution in [2.45, 2.75) is 12.8 Å². The Morgan fingerprint density at radius 2 is 1.95 bits per heavy atom. The number of benzene rings is 1. The van der Waals surface area contributed by atoms with Gasteiger partial charge in [-0.1, -0.05) is 18.2 Å². The molecule has 19 heavy (non-hydrogen) atoms. The number of aryl methyl sites for hydroxylation is 2. The minimum absolute atomic E-state index is 0.748. The van der Waals surface area contributed by atoms with Crippen molar-refractivity contribution in [3.8, 4) is 17.2 Å². The average molecular weight is 249 g/mol. The summed E-state index contributed by atoms with van der Waals surface area (Å²) in [7, 11) is 0. The third kappa shape index (κ3) is 1.55. The number of aromatic nitrogens is 5. The summed E-state index contributed by atoms with van der Waals surface area (Å²) < 4.78 is 2.09. The van der Waals surface area contributed by atoms with E-state index in [1.165, 1.54) is 5.56 Å². The Hall–Kier alpha value is -2.56. The molecule has 0 radical (unpaired) electrons. The van der Waals surface area contributed by atoms with Crippen LogP contribution in [0.4, 0.5) is 0 Å². The number of para-hydroxylation sites is 1. The summed E-state index contributed by atoms with van der Waals surface area (Å²) in [5.74, 6) is 1.75. The molecule has 0 bridgehead atoms. The summed E-state index contributed by atoms with van der Waals surface area (Å²) in [6.45, 7) is 0. The van der Waals surface area contributed by atoms with E-state index in [-0.39, 0.29) is 0 Å². The Bertz CT molecular complexity index is 733. The predicted molar refractivity (Wildman–Crippen MR) is 69.8 cm³/mol. The first-order chi connectivity index (χ1) is 9.43. The Kier molecular flexibility index (Phi) is 2.17. The Balaban J connectivity index is 1.97. The SMILES string of the molecule is c1ccc2c(c1)CCc1nnc(-c3cnccn3)n1-2. The van der Waals surface area contributed by atoms with Gasteiger partial charge >= 0.3 is 0 Å². The minimum atomic E-state index is 0.748. The first-order valence-electron chi connectivity index (χ1n) is 6.22. The summed E-state index contributed by atoms with van der Waals surface area (Å²) in [5.41, 5.74) is 3.22. The predicted octanol–water partition coefficient (Wildman–Crippen LogP) is 1.82. The number of hydrogen-bond donors (Lipinski definition) is 0. The van der Waals surface area contributed by atoms with Crippen LogP contribution in [0.15, 0.2) is 42.9 Å². The first kappa shape index (κ1) is 10.4. The molecule has 0 spiro atoms. The molecule has 1 aliphatic heterocycles. The van der Waals surface area contributed by atoms with Crippen LogP contribution < -0.4 is 0 Å². The highest BCUT2D eigenvalue weighted by Gasteiger charge is 2.22. The van der Waals surface area contributed by atoms with Gasteiger partial charge in [-0.2, -0.15) is 0 Å². The fourth-order valence-corrected chi connectivity index (χ4v) is 2.50. The summed E-state index contributed by atoms with van der Waals surface area (Å²) in [6.07, 6.45) is 6.96. The standard InChI is InChI=1S/C14H11N5/c1-2-4-12-10(3-1)5-6-13-17-18-14(19(12)13)11-9-15-7-8-16-11/h1-4,7-9H,5-6H2. The molecule has 1 aliphatic rings. The largest absolute Gasteiger partial charge is 0.277 e. The number of nitrogens with zero attached hydrogens (tertiary/aromatic N) is 5. The van der Waals surface area contributed by atoms with E-state index in [4.69, 9.17) is 0 Å². The maximum absolute atomic E-state index is 4.32. The van der Waals surface area contributed by atoms with Gasteiger partial charge in [0.25, 0.3) is 0 Å². The highest BCUT2D eigenvalue weighted by molar-refractivity contribution is 5.56. The number of fused-ring (bicyclic) bond motifs is 3. The molecule has 92 valence electrons. The van der Waals surface area contributed by atoms with Crippen LogP contribution in [0.3, 0.4) is 0 Å². The number of rotatable bonds is 1. The molecule has 0 unspecified atom stereocenters. The normalized spacial score (nSPS) is 12.8. The second-order valence-electron chi connectivity index (χ2n) is 4.49. The van der Waals surface area contributed by atoms with Gasteiger partial charge in [0.05, 0.1) is 11.9 Å². The first-order valence-corrected chi connectivity index (χ1v) is 6.22. The molecular formula is C14H11N5. The lowest BCUT2D eigenvalue weighted by Gasteiger charge is -2.18. The van der Waals surface area contributed by atoms with E-state index in [2.05, 4.69) is 42.9 Å². The molecule has 0 amide bonds. The Labute approximate surface area is 110 Å². The van der Waals surface area contributed by atoms with Crippen LogP contribution in [0.2, 0.25) is 0 Å². The number of hydrogen-bond acceptors (Lipinski definition) is 4. The van der Waals surface area contributed by atoms with E-state index in [1.54, 1.807) is 18.6 Å². The monoisotopic (exact) mass is 249 g/mol. The van der Waals surface area contributed by atoms with Gasteiger partial charge in [0, 0.05) is 18.8 Å². The molecule has 4 rings (SSSR count). The maximum Gasteiger partial charge on any atom is 0.188 e. The molecule has 5 heteroatoms. The molecule has 1 aromatic carbocycles. The van der Waals surface area contributed by atoms with E-state index in [1.807, 2.05) is 6.07 Å². The van der Waals surface area contributed by atoms with Gasteiger partial charge in [0.15, 0.2) is 5.82 Å². The molecule has 5 nitrogen and oxygen atoms in total. The highest BCUT2D eigenvalue weighted by Crippen LogP contribution is 2.28. The summed E-state index contributed by atoms with van der Waals surface area (Å²) >= 11 is 0. The van der Waals surface area contributed by atoms with Crippen LogP contribution >= 0.6 is 0 Å². The quantitative estimate of drug-likeness (QED) is 0.660. The van der Waals surface area contributed by atoms with E-state index in [0.29, 0.717) is 0 Å². The van der Waals surface area contributed by atoms with Gasteiger partial charge in [0.2, 0.25) is 0 Å². The van der Waals surface area contributed by atoms with Gasteiger partial charge in [-0.05, 0) is 18.1 Å². The van der Waals surface area contributed by atoms with Gasteiger partial charge in [-0.3, -0.25) is 9.55 Å². The van der Waals surface area contributed by atoms with E-state index in [9.17, 15) is 0 Å². The zero-order valence-electron chi connectivity index (χ0n) is 10.2. The van der Waals surface area contributed by atoms with Crippen LogP contribution in [-0.4, -0.2) is 24.7 Å². The Morgan fingerprint density at radius 3 is 2.84 bits per heavy atom. The van der Waals surface area contributed by atoms with Crippen LogP contribution in [0.5, 0.6) is 0 Å². The highest BCUT2D eigenvalue weighted by atomic mass is 15.3. The van der Waals surface area contributed by atoms with Gasteiger partial charge in [-0.15, -0.1) is 10.2 Å². The van der Waals surface area contributed by atoms with Gasteiger partial charge < -0.3 is 0 Å². The zero-order valence-corrected chi connectivity index (χ0v) is 10.2. The van der Waals surface area contributed by atoms with E-state index >= 15 is 0 Å². The molecule has 0 saturated carbocycles. The van der Waals surface area contributed by atoms with Gasteiger partial charge in [-0.25, -0.2) is 4.98 Å². The minimum Gasteiger partial charge on any atom is -0.277 e. The lowest BCUT2D eigenvalue weighted by atomic mass is 10.0. The van der Waals surface area contributed by atoms with E-state index < -0.39 is 0 Å². The molecule has 2 aromatic heterocycles. The molecule has 0 atom stereocenters. The van der Waals surface area contributed by atoms with Crippen molar-refractivity contribution in [3.63, 3.8) is 0 Å². The van der Waals surface area contributed by atoms with Crippen molar-refractivity contribution < 1.29 is 0 Å². The van der Waals surface area contributed by atoms with Crippen molar-refractivity contribution >= 4 is 0 Å². The zero-order chi connectivity index (χ0) is 12.7. The van der Waals surface area contributed by atoms with Crippen molar-refractivity contribution in [1.29, 1.82) is 0 Å². The second-order valence-corrected chi connectivity index (χ2v) is 4.49. The molecule has 0 N–H and O–H groups in total. The van der Waals surface area contributed by atoms with Crippen molar-refractivity contribution in [2.24, 2.45) is 0 Å². The van der Waals surface area contributed by atoms with Crippen molar-refractivity contribution in [3.05, 3.63) is 54.2 Å². The lowest BCUT2D eigenvalue weighted by Crippen LogP contribution is -2.13. The lowest BCUT2D eigenvalue weighted by molar-refractivity contribution is 0.775. The molecular weight excluding hydrogens is 238 g/mol. The molecule has 0 aliphatic carbocycles. The summed E-state index contributed by atoms with van der Waals surface area (Å²) in [5, 5.41) is 8.55. The van der Waals surface area contributed by atoms with Crippen molar-refractivity contribution in [1.82, 2.24) is 24.7 Å². The van der Waals surface area contributed by atoms with Crippen molar-refractivity contribution in [2.75, 3.05) is 0 Å². The van der Waals surface area contributed by atoms with Crippen LogP contribution in [0.25, 0.3) is 17.2 Å². The average Bonchev–Trinajstić information content (AvgIpc) is 2.92. The fraction of sp³-hybridized carbons (Fsp3) is 0.143. The smallest absolute Gasteiger partial charge is 0.188 e. The third-order valence-electron chi connectivity index (χ3n) is 3.37. The molecule has 3 aromatic rings. The third-order valence-corrected chi connectivity index (χ3v) is 3.37. The molecule has 0 saturated heterocycles. The summed E-state index contributed by atoms with van der Waals surface area (Å²) in [4.78, 5) is 8.42. The van der Waals surface area contributed by atoms with Crippen LogP contribution in [-0.2, 0) is 12.8 Å². The Morgan fingerprint density at radius 1 is 1.00 bits per heavy atom. The second kappa shape index (κ2) is 3.98. The van der Waals surface area contributed by atoms with Gasteiger partial charge in [0.1, 0.15) is 11.5 Å². The van der Waals surface area contributed by atoms with Crippen LogP contribution in [0.1, 0.15) is 11.4 Å². The van der Waals surface area contributed by atoms with E-state index in [0.717, 1.165) is 35.9 Å². The van der Waals surface area contributed by atoms with Crippen LogP contribution in [0, 0.1) is 0 Å². The molecule has 3 heterocycles. The maximum atomic E-state index is 4.32. The fourth-order valence-electron chi connectivity index (χ4n) is 2.50. The molecule has 0 fully saturated rings. The summed E-state index contributed by atoms with van der Waals surface area (Å²) in [6, 6.07) is 8.35.